The van der Waals surface area contributed by atoms with E-state index in [1.807, 2.05) is 6.07 Å². The summed E-state index contributed by atoms with van der Waals surface area (Å²) in [7, 11) is 0. The van der Waals surface area contributed by atoms with Gasteiger partial charge in [-0.3, -0.25) is 20.3 Å². The molecule has 0 aromatic carbocycles. The van der Waals surface area contributed by atoms with E-state index in [9.17, 15) is 4.79 Å². The molecule has 0 radical (unpaired) electrons. The molecule has 0 saturated carbocycles. The lowest BCUT2D eigenvalue weighted by atomic mass is 10.3. The summed E-state index contributed by atoms with van der Waals surface area (Å²) in [6.45, 7) is 0. The van der Waals surface area contributed by atoms with Crippen LogP contribution in [-0.4, -0.2) is 26.0 Å². The lowest BCUT2D eigenvalue weighted by Crippen LogP contribution is -2.20. The first-order valence-corrected chi connectivity index (χ1v) is 7.04. The fourth-order valence-electron chi connectivity index (χ4n) is 1.74. The third-order valence-corrected chi connectivity index (χ3v) is 3.19. The lowest BCUT2D eigenvalue weighted by Gasteiger charge is -2.08. The molecule has 3 heterocycles. The molecule has 0 aliphatic rings. The van der Waals surface area contributed by atoms with Crippen molar-refractivity contribution in [1.29, 1.82) is 0 Å². The Morgan fingerprint density at radius 1 is 1.05 bits per heavy atom. The Labute approximate surface area is 133 Å². The number of pyridine rings is 2. The van der Waals surface area contributed by atoms with Crippen molar-refractivity contribution < 1.29 is 4.79 Å². The standard InChI is InChI=1S/C13H9IN6O/c14-8-5-10-12(18-6-8)9(1-2-16-10)19-13(21)20-11-7-15-3-4-17-11/h1-7H,(H2,16,17,19,20,21). The first-order valence-electron chi connectivity index (χ1n) is 5.96. The van der Waals surface area contributed by atoms with Crippen LogP contribution in [0.5, 0.6) is 0 Å². The molecule has 0 saturated heterocycles. The summed E-state index contributed by atoms with van der Waals surface area (Å²) in [5, 5.41) is 5.32. The molecule has 8 heteroatoms. The average molecular weight is 392 g/mol. The van der Waals surface area contributed by atoms with Crippen molar-refractivity contribution in [3.63, 3.8) is 0 Å². The summed E-state index contributed by atoms with van der Waals surface area (Å²) in [4.78, 5) is 28.3. The van der Waals surface area contributed by atoms with E-state index >= 15 is 0 Å². The Morgan fingerprint density at radius 2 is 1.95 bits per heavy atom. The summed E-state index contributed by atoms with van der Waals surface area (Å²) < 4.78 is 0.980. The van der Waals surface area contributed by atoms with Crippen LogP contribution >= 0.6 is 22.6 Å². The van der Waals surface area contributed by atoms with E-state index in [4.69, 9.17) is 0 Å². The zero-order valence-electron chi connectivity index (χ0n) is 10.6. The molecule has 3 aromatic rings. The quantitative estimate of drug-likeness (QED) is 0.655. The van der Waals surface area contributed by atoms with E-state index in [1.165, 1.54) is 18.6 Å². The first-order chi connectivity index (χ1) is 10.2. The number of carbonyl (C=O) groups is 1. The predicted molar refractivity (Wildman–Crippen MR) is 86.9 cm³/mol. The van der Waals surface area contributed by atoms with Crippen LogP contribution in [0, 0.1) is 3.57 Å². The summed E-state index contributed by atoms with van der Waals surface area (Å²) in [5.74, 6) is 0.371. The maximum Gasteiger partial charge on any atom is 0.324 e. The molecule has 3 rings (SSSR count). The van der Waals surface area contributed by atoms with Gasteiger partial charge < -0.3 is 5.32 Å². The molecule has 0 spiro atoms. The Balaban J connectivity index is 1.83. The second kappa shape index (κ2) is 5.95. The number of nitrogens with zero attached hydrogens (tertiary/aromatic N) is 4. The minimum absolute atomic E-state index is 0.371. The number of anilines is 2. The number of hydrogen-bond donors (Lipinski definition) is 2. The number of urea groups is 1. The van der Waals surface area contributed by atoms with Crippen LogP contribution in [0.1, 0.15) is 0 Å². The van der Waals surface area contributed by atoms with Gasteiger partial charge in [0.25, 0.3) is 0 Å². The van der Waals surface area contributed by atoms with E-state index in [0.717, 1.165) is 9.09 Å². The molecule has 2 N–H and O–H groups in total. The van der Waals surface area contributed by atoms with Gasteiger partial charge in [-0.1, -0.05) is 0 Å². The fourth-order valence-corrected chi connectivity index (χ4v) is 2.17. The number of rotatable bonds is 2. The van der Waals surface area contributed by atoms with E-state index in [2.05, 4.69) is 53.2 Å². The molecular formula is C13H9IN6O. The van der Waals surface area contributed by atoms with E-state index in [1.54, 1.807) is 18.5 Å². The molecule has 2 amide bonds. The van der Waals surface area contributed by atoms with Gasteiger partial charge in [0.05, 0.1) is 17.4 Å². The molecular weight excluding hydrogens is 383 g/mol. The van der Waals surface area contributed by atoms with Gasteiger partial charge >= 0.3 is 6.03 Å². The van der Waals surface area contributed by atoms with Crippen molar-refractivity contribution >= 4 is 51.2 Å². The minimum Gasteiger partial charge on any atom is -0.305 e. The van der Waals surface area contributed by atoms with E-state index in [0.29, 0.717) is 17.0 Å². The molecule has 0 atom stereocenters. The highest BCUT2D eigenvalue weighted by atomic mass is 127. The van der Waals surface area contributed by atoms with Crippen LogP contribution in [0.25, 0.3) is 11.0 Å². The molecule has 21 heavy (non-hydrogen) atoms. The van der Waals surface area contributed by atoms with Crippen molar-refractivity contribution in [1.82, 2.24) is 19.9 Å². The maximum atomic E-state index is 12.0. The normalized spacial score (nSPS) is 10.3. The summed E-state index contributed by atoms with van der Waals surface area (Å²) in [6, 6.07) is 3.18. The summed E-state index contributed by atoms with van der Waals surface area (Å²) in [5.41, 5.74) is 1.93. The Kier molecular flexibility index (Phi) is 3.86. The summed E-state index contributed by atoms with van der Waals surface area (Å²) >= 11 is 2.16. The third kappa shape index (κ3) is 3.21. The van der Waals surface area contributed by atoms with Crippen molar-refractivity contribution in [3.8, 4) is 0 Å². The van der Waals surface area contributed by atoms with Crippen molar-refractivity contribution in [2.45, 2.75) is 0 Å². The Morgan fingerprint density at radius 3 is 2.76 bits per heavy atom. The second-order valence-corrected chi connectivity index (χ2v) is 5.30. The topological polar surface area (TPSA) is 92.7 Å². The maximum absolute atomic E-state index is 12.0. The molecule has 7 nitrogen and oxygen atoms in total. The Bertz CT molecular complexity index is 795. The van der Waals surface area contributed by atoms with Crippen LogP contribution in [0.4, 0.5) is 16.3 Å². The number of halogens is 1. The molecule has 0 bridgehead atoms. The van der Waals surface area contributed by atoms with E-state index in [-0.39, 0.29) is 0 Å². The van der Waals surface area contributed by atoms with Crippen LogP contribution in [-0.2, 0) is 0 Å². The SMILES string of the molecule is O=C(Nc1cnccn1)Nc1ccnc2cc(I)cnc12. The van der Waals surface area contributed by atoms with Gasteiger partial charge in [-0.2, -0.15) is 0 Å². The van der Waals surface area contributed by atoms with Crippen LogP contribution in [0.15, 0.2) is 43.1 Å². The lowest BCUT2D eigenvalue weighted by molar-refractivity contribution is 0.262. The average Bonchev–Trinajstić information content (AvgIpc) is 2.48. The van der Waals surface area contributed by atoms with Crippen LogP contribution in [0.2, 0.25) is 0 Å². The summed E-state index contributed by atoms with van der Waals surface area (Å²) in [6.07, 6.45) is 7.84. The van der Waals surface area contributed by atoms with E-state index < -0.39 is 6.03 Å². The third-order valence-electron chi connectivity index (χ3n) is 2.60. The number of amides is 2. The number of carbonyl (C=O) groups excluding carboxylic acids is 1. The molecule has 104 valence electrons. The predicted octanol–water partition coefficient (Wildman–Crippen LogP) is 2.67. The number of nitrogens with one attached hydrogen (secondary N) is 2. The molecule has 0 fully saturated rings. The molecule has 0 aliphatic heterocycles. The highest BCUT2D eigenvalue weighted by Crippen LogP contribution is 2.20. The number of aromatic nitrogens is 4. The second-order valence-electron chi connectivity index (χ2n) is 4.05. The van der Waals surface area contributed by atoms with Gasteiger partial charge in [-0.05, 0) is 34.7 Å². The highest BCUT2D eigenvalue weighted by molar-refractivity contribution is 14.1. The largest absolute Gasteiger partial charge is 0.324 e. The minimum atomic E-state index is -0.414. The van der Waals surface area contributed by atoms with Gasteiger partial charge in [0, 0.05) is 28.4 Å². The van der Waals surface area contributed by atoms with Gasteiger partial charge in [0.2, 0.25) is 0 Å². The van der Waals surface area contributed by atoms with Gasteiger partial charge in [-0.15, -0.1) is 0 Å². The smallest absolute Gasteiger partial charge is 0.305 e. The van der Waals surface area contributed by atoms with Crippen LogP contribution < -0.4 is 10.6 Å². The van der Waals surface area contributed by atoms with Crippen molar-refractivity contribution in [3.05, 3.63) is 46.7 Å². The van der Waals surface area contributed by atoms with Crippen molar-refractivity contribution in [2.75, 3.05) is 10.6 Å². The monoisotopic (exact) mass is 392 g/mol. The van der Waals surface area contributed by atoms with Gasteiger partial charge in [-0.25, -0.2) is 9.78 Å². The molecule has 0 aliphatic carbocycles. The van der Waals surface area contributed by atoms with Gasteiger partial charge in [0.1, 0.15) is 5.52 Å². The van der Waals surface area contributed by atoms with Gasteiger partial charge in [0.15, 0.2) is 5.82 Å². The fraction of sp³-hybridized carbons (Fsp3) is 0. The molecule has 0 unspecified atom stereocenters. The number of hydrogen-bond acceptors (Lipinski definition) is 5. The zero-order valence-corrected chi connectivity index (χ0v) is 12.8. The zero-order chi connectivity index (χ0) is 14.7. The first kappa shape index (κ1) is 13.6. The molecule has 3 aromatic heterocycles. The van der Waals surface area contributed by atoms with Crippen LogP contribution in [0.3, 0.4) is 0 Å². The Hall–Kier alpha value is -2.36. The van der Waals surface area contributed by atoms with Crippen molar-refractivity contribution in [2.24, 2.45) is 0 Å². The highest BCUT2D eigenvalue weighted by Gasteiger charge is 2.08. The number of fused-ring (bicyclic) bond motifs is 1.